The number of phenolic OH excluding ortho intramolecular Hbond substituents is 1. The van der Waals surface area contributed by atoms with Crippen LogP contribution in [0.4, 0.5) is 11.4 Å². The van der Waals surface area contributed by atoms with Crippen LogP contribution in [0.2, 0.25) is 0 Å². The minimum absolute atomic E-state index is 0.0115. The molecular weight excluding hydrogens is 773 g/mol. The molecule has 2 saturated heterocycles. The number of oxazole rings is 2. The van der Waals surface area contributed by atoms with Crippen LogP contribution in [0, 0.1) is 35.5 Å². The fourth-order valence-electron chi connectivity index (χ4n) is 9.87. The summed E-state index contributed by atoms with van der Waals surface area (Å²) < 4.78 is 17.2. The van der Waals surface area contributed by atoms with Gasteiger partial charge in [0.05, 0.1) is 42.2 Å². The number of benzene rings is 5. The van der Waals surface area contributed by atoms with Crippen molar-refractivity contribution >= 4 is 63.3 Å². The van der Waals surface area contributed by atoms with E-state index in [4.69, 9.17) is 13.6 Å². The molecule has 1 saturated carbocycles. The largest absolute Gasteiger partial charge is 0.504 e. The van der Waals surface area contributed by atoms with Crippen molar-refractivity contribution in [2.24, 2.45) is 35.5 Å². The Morgan fingerprint density at radius 2 is 1.21 bits per heavy atom. The van der Waals surface area contributed by atoms with E-state index in [2.05, 4.69) is 9.97 Å². The molecule has 6 atom stereocenters. The van der Waals surface area contributed by atoms with Crippen molar-refractivity contribution in [2.45, 2.75) is 12.8 Å². The first kappa shape index (κ1) is 36.5. The molecule has 0 bridgehead atoms. The van der Waals surface area contributed by atoms with Gasteiger partial charge in [0.2, 0.25) is 35.4 Å². The van der Waals surface area contributed by atoms with E-state index >= 15 is 0 Å². The Balaban J connectivity index is 0.922. The third-order valence-corrected chi connectivity index (χ3v) is 12.7. The highest BCUT2D eigenvalue weighted by molar-refractivity contribution is 6.24. The van der Waals surface area contributed by atoms with Gasteiger partial charge in [-0.2, -0.15) is 0 Å². The number of hydrogen-bond donors (Lipinski definition) is 1. The van der Waals surface area contributed by atoms with Crippen LogP contribution in [-0.2, 0) is 19.2 Å². The molecule has 12 nitrogen and oxygen atoms in total. The van der Waals surface area contributed by atoms with E-state index in [1.165, 1.54) is 23.0 Å². The van der Waals surface area contributed by atoms with Crippen molar-refractivity contribution in [3.05, 3.63) is 139 Å². The second-order valence-corrected chi connectivity index (χ2v) is 16.0. The molecule has 5 aromatic carbocycles. The van der Waals surface area contributed by atoms with Crippen molar-refractivity contribution in [3.8, 4) is 34.4 Å². The van der Waals surface area contributed by atoms with E-state index in [0.717, 1.165) is 16.6 Å². The van der Waals surface area contributed by atoms with Crippen molar-refractivity contribution in [1.82, 2.24) is 9.97 Å². The quantitative estimate of drug-likeness (QED) is 0.122. The maximum absolute atomic E-state index is 14.6. The standard InChI is InChI=1S/C49H36N4O8/c1-59-41-24-26(11-23-38(41)54)10-20-32-31-21-22-33-43(49(58)52(46(33)55)29-16-12-27(13-17-29)44-50-36-6-2-4-8-39(36)60-44)34(31)25-35-42(32)48(57)53(47(35)56)30-18-14-28(15-19-30)45-51-37-7-3-5-9-40(37)61-45/h2-21,23-24,32-35,42-43,54H,22,25H2,1H3/t32-,33-,34+,35+,42-,43-/m0/s1. The van der Waals surface area contributed by atoms with Crippen LogP contribution in [0.1, 0.15) is 18.4 Å². The van der Waals surface area contributed by atoms with Crippen LogP contribution in [0.25, 0.3) is 51.2 Å². The monoisotopic (exact) mass is 808 g/mol. The lowest BCUT2D eigenvalue weighted by Crippen LogP contribution is -2.43. The number of carbonyl (C=O) groups excluding carboxylic acids is 4. The number of anilines is 2. The van der Waals surface area contributed by atoms with Gasteiger partial charge in [0, 0.05) is 17.0 Å². The van der Waals surface area contributed by atoms with E-state index in [9.17, 15) is 24.3 Å². The van der Waals surface area contributed by atoms with Gasteiger partial charge in [0.1, 0.15) is 11.0 Å². The molecule has 2 aromatic heterocycles. The predicted molar refractivity (Wildman–Crippen MR) is 226 cm³/mol. The summed E-state index contributed by atoms with van der Waals surface area (Å²) in [6, 6.07) is 33.9. The highest BCUT2D eigenvalue weighted by Crippen LogP contribution is 2.56. The molecule has 61 heavy (non-hydrogen) atoms. The number of amides is 4. The number of aromatic nitrogens is 2. The molecule has 11 rings (SSSR count). The van der Waals surface area contributed by atoms with E-state index in [0.29, 0.717) is 57.4 Å². The minimum atomic E-state index is -0.749. The van der Waals surface area contributed by atoms with Crippen molar-refractivity contribution in [3.63, 3.8) is 0 Å². The molecule has 7 aromatic rings. The van der Waals surface area contributed by atoms with Gasteiger partial charge in [-0.05, 0) is 109 Å². The van der Waals surface area contributed by atoms with Crippen LogP contribution in [0.3, 0.4) is 0 Å². The number of allylic oxidation sites excluding steroid dienone is 3. The number of hydrogen-bond acceptors (Lipinski definition) is 10. The number of nitrogens with zero attached hydrogens (tertiary/aromatic N) is 4. The van der Waals surface area contributed by atoms with Crippen molar-refractivity contribution in [2.75, 3.05) is 16.9 Å². The van der Waals surface area contributed by atoms with Gasteiger partial charge in [0.25, 0.3) is 0 Å². The molecule has 4 aliphatic rings. The summed E-state index contributed by atoms with van der Waals surface area (Å²) >= 11 is 0. The topological polar surface area (TPSA) is 156 Å². The zero-order valence-electron chi connectivity index (χ0n) is 32.7. The molecule has 0 radical (unpaired) electrons. The molecule has 300 valence electrons. The van der Waals surface area contributed by atoms with Crippen LogP contribution >= 0.6 is 0 Å². The molecule has 3 fully saturated rings. The summed E-state index contributed by atoms with van der Waals surface area (Å²) in [7, 11) is 1.47. The van der Waals surface area contributed by atoms with Gasteiger partial charge in [-0.1, -0.05) is 54.1 Å². The van der Waals surface area contributed by atoms with E-state index < -0.39 is 35.5 Å². The number of methoxy groups -OCH3 is 1. The maximum Gasteiger partial charge on any atom is 0.238 e. The summed E-state index contributed by atoms with van der Waals surface area (Å²) in [6.07, 6.45) is 6.32. The Labute approximate surface area is 348 Å². The van der Waals surface area contributed by atoms with Gasteiger partial charge >= 0.3 is 0 Å². The van der Waals surface area contributed by atoms with E-state index in [1.807, 2.05) is 66.8 Å². The lowest BCUT2D eigenvalue weighted by molar-refractivity contribution is -0.126. The fraction of sp³-hybridized carbons (Fsp3) is 0.184. The van der Waals surface area contributed by atoms with Gasteiger partial charge < -0.3 is 18.7 Å². The van der Waals surface area contributed by atoms with Gasteiger partial charge in [-0.25, -0.2) is 9.97 Å². The summed E-state index contributed by atoms with van der Waals surface area (Å²) in [6.45, 7) is 0. The first-order chi connectivity index (χ1) is 29.7. The van der Waals surface area contributed by atoms with Crippen LogP contribution < -0.4 is 14.5 Å². The highest BCUT2D eigenvalue weighted by atomic mass is 16.5. The zero-order valence-corrected chi connectivity index (χ0v) is 32.7. The number of aromatic hydroxyl groups is 1. The van der Waals surface area contributed by atoms with E-state index in [1.54, 1.807) is 60.7 Å². The van der Waals surface area contributed by atoms with Crippen molar-refractivity contribution < 1.29 is 37.9 Å². The van der Waals surface area contributed by atoms with Gasteiger partial charge in [0.15, 0.2) is 22.7 Å². The Hall–Kier alpha value is -7.60. The van der Waals surface area contributed by atoms with Crippen molar-refractivity contribution in [1.29, 1.82) is 0 Å². The number of phenols is 1. The molecule has 0 spiro atoms. The molecule has 1 N–H and O–H groups in total. The fourth-order valence-corrected chi connectivity index (χ4v) is 9.87. The molecule has 4 amide bonds. The molecule has 12 heteroatoms. The normalized spacial score (nSPS) is 23.5. The number of ether oxygens (including phenoxy) is 1. The zero-order chi connectivity index (χ0) is 41.5. The second-order valence-electron chi connectivity index (χ2n) is 16.0. The molecule has 0 unspecified atom stereocenters. The third-order valence-electron chi connectivity index (χ3n) is 12.7. The number of rotatable bonds is 7. The number of para-hydroxylation sites is 4. The maximum atomic E-state index is 14.6. The summed E-state index contributed by atoms with van der Waals surface area (Å²) in [5.41, 5.74) is 6.60. The van der Waals surface area contributed by atoms with Crippen LogP contribution in [0.5, 0.6) is 11.5 Å². The molecule has 2 aliphatic heterocycles. The van der Waals surface area contributed by atoms with E-state index in [-0.39, 0.29) is 41.5 Å². The Morgan fingerprint density at radius 3 is 1.79 bits per heavy atom. The highest BCUT2D eigenvalue weighted by Gasteiger charge is 2.61. The van der Waals surface area contributed by atoms with Gasteiger partial charge in [-0.15, -0.1) is 0 Å². The summed E-state index contributed by atoms with van der Waals surface area (Å²) in [4.78, 5) is 69.7. The summed E-state index contributed by atoms with van der Waals surface area (Å²) in [5.74, 6) is -4.04. The first-order valence-electron chi connectivity index (χ1n) is 20.2. The lowest BCUT2D eigenvalue weighted by Gasteiger charge is -2.42. The molecule has 2 aliphatic carbocycles. The molecule has 4 heterocycles. The Morgan fingerprint density at radius 1 is 0.656 bits per heavy atom. The lowest BCUT2D eigenvalue weighted by atomic mass is 9.58. The smallest absolute Gasteiger partial charge is 0.238 e. The first-order valence-corrected chi connectivity index (χ1v) is 20.2. The Bertz CT molecular complexity index is 2950. The van der Waals surface area contributed by atoms with Crippen LogP contribution in [0.15, 0.2) is 142 Å². The minimum Gasteiger partial charge on any atom is -0.504 e. The predicted octanol–water partition coefficient (Wildman–Crippen LogP) is 8.61. The number of imide groups is 2. The summed E-state index contributed by atoms with van der Waals surface area (Å²) in [5, 5.41) is 10.3. The Kier molecular flexibility index (Phi) is 8.38. The average molecular weight is 809 g/mol. The van der Waals surface area contributed by atoms with Gasteiger partial charge in [-0.3, -0.25) is 29.0 Å². The molecular formula is C49H36N4O8. The third kappa shape index (κ3) is 5.81. The SMILES string of the molecule is COc1cc(C=C[C@H]2C3=CC[C@@H]4C(=O)N(c5ccc(-c6nc7ccccc7o6)cc5)C(=O)[C@@H]4[C@@H]3C[C@H]3C(=O)N(c4ccc(-c5nc6ccccc6o5)cc4)C(=O)[C@@H]23)ccc1O. The average Bonchev–Trinajstić information content (AvgIpc) is 4.04. The number of fused-ring (bicyclic) bond motifs is 6. The number of carbonyl (C=O) groups is 4. The second kappa shape index (κ2) is 14.0. The van der Waals surface area contributed by atoms with Crippen LogP contribution in [-0.4, -0.2) is 45.8 Å².